The molecule has 0 atom stereocenters. The van der Waals surface area contributed by atoms with E-state index in [-0.39, 0.29) is 11.3 Å². The fourth-order valence-electron chi connectivity index (χ4n) is 4.37. The number of aromatic amines is 1. The summed E-state index contributed by atoms with van der Waals surface area (Å²) < 4.78 is 0. The quantitative estimate of drug-likeness (QED) is 0.901. The summed E-state index contributed by atoms with van der Waals surface area (Å²) in [7, 11) is 2.01. The molecule has 1 heterocycles. The molecule has 2 saturated carbocycles. The van der Waals surface area contributed by atoms with Crippen molar-refractivity contribution in [1.29, 1.82) is 0 Å². The monoisotopic (exact) mass is 310 g/mol. The molecule has 1 N–H and O–H groups in total. The summed E-state index contributed by atoms with van der Waals surface area (Å²) in [6, 6.07) is 8.50. The van der Waals surface area contributed by atoms with E-state index in [1.54, 1.807) is 0 Å². The maximum Gasteiger partial charge on any atom is 0.225 e. The van der Waals surface area contributed by atoms with Crippen LogP contribution in [0.4, 0.5) is 0 Å². The van der Waals surface area contributed by atoms with Gasteiger partial charge < -0.3 is 9.88 Å². The van der Waals surface area contributed by atoms with Crippen LogP contribution in [0.3, 0.4) is 0 Å². The van der Waals surface area contributed by atoms with E-state index in [0.717, 1.165) is 19.4 Å². The molecule has 0 spiro atoms. The number of carbonyl (C=O) groups excluding carboxylic acids is 1. The normalized spacial score (nSPS) is 20.6. The van der Waals surface area contributed by atoms with E-state index in [2.05, 4.69) is 35.4 Å². The van der Waals surface area contributed by atoms with Gasteiger partial charge in [-0.25, -0.2) is 0 Å². The van der Waals surface area contributed by atoms with Crippen LogP contribution in [0.1, 0.15) is 50.5 Å². The van der Waals surface area contributed by atoms with Gasteiger partial charge in [-0.1, -0.05) is 37.5 Å². The SMILES string of the molecule is CN(CC1(c2c[nH]c3ccccc23)CC1)C(=O)C1CCCCC1. The van der Waals surface area contributed by atoms with Crippen LogP contribution in [0.2, 0.25) is 0 Å². The van der Waals surface area contributed by atoms with Crippen molar-refractivity contribution in [3.8, 4) is 0 Å². The zero-order valence-electron chi connectivity index (χ0n) is 14.0. The fourth-order valence-corrected chi connectivity index (χ4v) is 4.37. The van der Waals surface area contributed by atoms with E-state index in [9.17, 15) is 4.79 Å². The summed E-state index contributed by atoms with van der Waals surface area (Å²) in [6.45, 7) is 0.865. The smallest absolute Gasteiger partial charge is 0.225 e. The number of para-hydroxylation sites is 1. The van der Waals surface area contributed by atoms with Crippen molar-refractivity contribution in [2.45, 2.75) is 50.4 Å². The van der Waals surface area contributed by atoms with Gasteiger partial charge >= 0.3 is 0 Å². The molecule has 3 heteroatoms. The molecule has 1 amide bonds. The Hall–Kier alpha value is -1.77. The van der Waals surface area contributed by atoms with Crippen molar-refractivity contribution in [3.63, 3.8) is 0 Å². The molecule has 0 bridgehead atoms. The lowest BCUT2D eigenvalue weighted by molar-refractivity contribution is -0.135. The van der Waals surface area contributed by atoms with Crippen molar-refractivity contribution >= 4 is 16.8 Å². The molecule has 2 aromatic rings. The van der Waals surface area contributed by atoms with Gasteiger partial charge in [-0.15, -0.1) is 0 Å². The van der Waals surface area contributed by atoms with Gasteiger partial charge in [0.05, 0.1) is 0 Å². The van der Waals surface area contributed by atoms with Crippen LogP contribution in [0.5, 0.6) is 0 Å². The molecule has 2 fully saturated rings. The summed E-state index contributed by atoms with van der Waals surface area (Å²) in [5.74, 6) is 0.642. The second kappa shape index (κ2) is 5.70. The number of amides is 1. The molecule has 0 saturated heterocycles. The van der Waals surface area contributed by atoms with Gasteiger partial charge in [0, 0.05) is 42.0 Å². The second-order valence-electron chi connectivity index (χ2n) is 7.56. The number of nitrogens with zero attached hydrogens (tertiary/aromatic N) is 1. The Bertz CT molecular complexity index is 707. The number of hydrogen-bond acceptors (Lipinski definition) is 1. The Balaban J connectivity index is 1.52. The Morgan fingerprint density at radius 3 is 2.70 bits per heavy atom. The highest BCUT2D eigenvalue weighted by Crippen LogP contribution is 2.51. The number of likely N-dealkylation sites (N-methyl/N-ethyl adjacent to an activating group) is 1. The Morgan fingerprint density at radius 2 is 1.96 bits per heavy atom. The third-order valence-corrected chi connectivity index (χ3v) is 5.88. The van der Waals surface area contributed by atoms with Crippen LogP contribution in [-0.4, -0.2) is 29.4 Å². The highest BCUT2D eigenvalue weighted by Gasteiger charge is 2.47. The van der Waals surface area contributed by atoms with Crippen LogP contribution in [0.25, 0.3) is 10.9 Å². The molecular formula is C20H26N2O. The first kappa shape index (κ1) is 14.8. The van der Waals surface area contributed by atoms with Gasteiger partial charge in [0.15, 0.2) is 0 Å². The Morgan fingerprint density at radius 1 is 1.22 bits per heavy atom. The van der Waals surface area contributed by atoms with Gasteiger partial charge in [-0.05, 0) is 37.3 Å². The van der Waals surface area contributed by atoms with E-state index >= 15 is 0 Å². The molecule has 4 rings (SSSR count). The second-order valence-corrected chi connectivity index (χ2v) is 7.56. The van der Waals surface area contributed by atoms with E-state index in [4.69, 9.17) is 0 Å². The number of benzene rings is 1. The van der Waals surface area contributed by atoms with Gasteiger partial charge in [0.2, 0.25) is 5.91 Å². The summed E-state index contributed by atoms with van der Waals surface area (Å²) in [6.07, 6.45) is 10.5. The first-order chi connectivity index (χ1) is 11.2. The molecule has 3 nitrogen and oxygen atoms in total. The van der Waals surface area contributed by atoms with E-state index < -0.39 is 0 Å². The average molecular weight is 310 g/mol. The summed E-state index contributed by atoms with van der Waals surface area (Å²) in [5.41, 5.74) is 2.78. The number of H-pyrrole nitrogens is 1. The van der Waals surface area contributed by atoms with Gasteiger partial charge in [-0.3, -0.25) is 4.79 Å². The van der Waals surface area contributed by atoms with Crippen LogP contribution in [-0.2, 0) is 10.2 Å². The standard InChI is InChI=1S/C20H26N2O/c1-22(19(23)15-7-3-2-4-8-15)14-20(11-12-20)17-13-21-18-10-6-5-9-16(17)18/h5-6,9-10,13,15,21H,2-4,7-8,11-12,14H2,1H3. The highest BCUT2D eigenvalue weighted by atomic mass is 16.2. The molecule has 2 aliphatic rings. The molecule has 1 aromatic heterocycles. The van der Waals surface area contributed by atoms with Crippen molar-refractivity contribution in [2.75, 3.05) is 13.6 Å². The summed E-state index contributed by atoms with van der Waals surface area (Å²) in [4.78, 5) is 18.2. The van der Waals surface area contributed by atoms with Gasteiger partial charge in [-0.2, -0.15) is 0 Å². The Kier molecular flexibility index (Phi) is 3.67. The minimum atomic E-state index is 0.179. The summed E-state index contributed by atoms with van der Waals surface area (Å²) in [5, 5.41) is 1.32. The van der Waals surface area contributed by atoms with Crippen LogP contribution in [0, 0.1) is 5.92 Å². The van der Waals surface area contributed by atoms with Gasteiger partial charge in [0.25, 0.3) is 0 Å². The Labute approximate surface area is 138 Å². The largest absolute Gasteiger partial charge is 0.361 e. The highest BCUT2D eigenvalue weighted by molar-refractivity contribution is 5.85. The van der Waals surface area contributed by atoms with Crippen molar-refractivity contribution in [3.05, 3.63) is 36.0 Å². The van der Waals surface area contributed by atoms with E-state index in [1.807, 2.05) is 11.9 Å². The number of carbonyl (C=O) groups is 1. The third kappa shape index (κ3) is 2.66. The molecule has 1 aromatic carbocycles. The van der Waals surface area contributed by atoms with E-state index in [1.165, 1.54) is 48.6 Å². The van der Waals surface area contributed by atoms with Crippen LogP contribution in [0.15, 0.2) is 30.5 Å². The minimum absolute atomic E-state index is 0.179. The average Bonchev–Trinajstić information content (AvgIpc) is 3.23. The van der Waals surface area contributed by atoms with Crippen molar-refractivity contribution in [1.82, 2.24) is 9.88 Å². The van der Waals surface area contributed by atoms with Gasteiger partial charge in [0.1, 0.15) is 0 Å². The third-order valence-electron chi connectivity index (χ3n) is 5.88. The molecule has 23 heavy (non-hydrogen) atoms. The first-order valence-electron chi connectivity index (χ1n) is 9.01. The predicted octanol–water partition coefficient (Wildman–Crippen LogP) is 4.24. The molecule has 0 radical (unpaired) electrons. The minimum Gasteiger partial charge on any atom is -0.361 e. The van der Waals surface area contributed by atoms with E-state index in [0.29, 0.717) is 5.91 Å². The molecule has 122 valence electrons. The number of aromatic nitrogens is 1. The van der Waals surface area contributed by atoms with Crippen molar-refractivity contribution in [2.24, 2.45) is 5.92 Å². The number of fused-ring (bicyclic) bond motifs is 1. The molecule has 2 aliphatic carbocycles. The molecule has 0 aliphatic heterocycles. The topological polar surface area (TPSA) is 36.1 Å². The maximum absolute atomic E-state index is 12.8. The maximum atomic E-state index is 12.8. The van der Waals surface area contributed by atoms with Crippen molar-refractivity contribution < 1.29 is 4.79 Å². The first-order valence-corrected chi connectivity index (χ1v) is 9.01. The number of hydrogen-bond donors (Lipinski definition) is 1. The lowest BCUT2D eigenvalue weighted by Gasteiger charge is -2.29. The van der Waals surface area contributed by atoms with Crippen LogP contribution < -0.4 is 0 Å². The zero-order valence-corrected chi connectivity index (χ0v) is 14.0. The fraction of sp³-hybridized carbons (Fsp3) is 0.550. The lowest BCUT2D eigenvalue weighted by atomic mass is 9.87. The zero-order chi connectivity index (χ0) is 15.9. The predicted molar refractivity (Wildman–Crippen MR) is 93.4 cm³/mol. The lowest BCUT2D eigenvalue weighted by Crippen LogP contribution is -2.38. The molecular weight excluding hydrogens is 284 g/mol. The summed E-state index contributed by atoms with van der Waals surface area (Å²) >= 11 is 0. The number of nitrogens with one attached hydrogen (secondary N) is 1. The number of rotatable bonds is 4. The van der Waals surface area contributed by atoms with Crippen LogP contribution >= 0.6 is 0 Å². The molecule has 0 unspecified atom stereocenters.